The summed E-state index contributed by atoms with van der Waals surface area (Å²) in [5, 5.41) is 13.6. The minimum absolute atomic E-state index is 0.0274. The van der Waals surface area contributed by atoms with E-state index in [1.807, 2.05) is 36.9 Å². The van der Waals surface area contributed by atoms with Crippen molar-refractivity contribution >= 4 is 15.7 Å². The van der Waals surface area contributed by atoms with Crippen molar-refractivity contribution in [3.63, 3.8) is 0 Å². The van der Waals surface area contributed by atoms with Gasteiger partial charge in [0, 0.05) is 36.6 Å². The molecule has 49 heavy (non-hydrogen) atoms. The molecule has 2 aromatic carbocycles. The Hall–Kier alpha value is -3.29. The molecule has 1 aliphatic carbocycles. The molecule has 1 saturated carbocycles. The fraction of sp³-hybridized carbons (Fsp3) is 0.514. The van der Waals surface area contributed by atoms with Crippen LogP contribution in [-0.2, 0) is 33.0 Å². The van der Waals surface area contributed by atoms with E-state index in [4.69, 9.17) is 10.5 Å². The number of nitrogens with zero attached hydrogens (tertiary/aromatic N) is 2. The molecule has 3 atom stereocenters. The van der Waals surface area contributed by atoms with E-state index >= 15 is 0 Å². The normalized spacial score (nSPS) is 16.0. The number of halogens is 2. The van der Waals surface area contributed by atoms with E-state index in [0.29, 0.717) is 31.2 Å². The molecule has 268 valence electrons. The van der Waals surface area contributed by atoms with Crippen LogP contribution >= 0.6 is 0 Å². The summed E-state index contributed by atoms with van der Waals surface area (Å²) in [5.41, 5.74) is 8.62. The van der Waals surface area contributed by atoms with E-state index in [0.717, 1.165) is 36.5 Å². The zero-order valence-corrected chi connectivity index (χ0v) is 29.5. The third-order valence-corrected chi connectivity index (χ3v) is 11.5. The van der Waals surface area contributed by atoms with Crippen LogP contribution in [0.1, 0.15) is 86.3 Å². The number of hydrogen-bond acceptors (Lipinski definition) is 8. The first-order chi connectivity index (χ1) is 23.4. The van der Waals surface area contributed by atoms with Crippen molar-refractivity contribution < 1.29 is 31.8 Å². The second-order valence-corrected chi connectivity index (χ2v) is 15.4. The summed E-state index contributed by atoms with van der Waals surface area (Å²) in [6.07, 6.45) is 5.36. The van der Waals surface area contributed by atoms with Gasteiger partial charge in [-0.15, -0.1) is 0 Å². The number of aliphatic hydroxyl groups excluding tert-OH is 1. The Bertz CT molecular complexity index is 1600. The number of rotatable bonds is 20. The Labute approximate surface area is 289 Å². The zero-order chi connectivity index (χ0) is 35.6. The third kappa shape index (κ3) is 10.6. The van der Waals surface area contributed by atoms with Crippen LogP contribution in [0.3, 0.4) is 0 Å². The first-order valence-electron chi connectivity index (χ1n) is 17.2. The molecule has 3 aromatic rings. The number of amides is 1. The molecule has 0 radical (unpaired) electrons. The molecular formula is C37H50F2N4O5S. The molecule has 9 nitrogen and oxygen atoms in total. The highest BCUT2D eigenvalue weighted by Crippen LogP contribution is 2.51. The minimum atomic E-state index is -3.69. The smallest absolute Gasteiger partial charge is 0.254 e. The predicted octanol–water partition coefficient (Wildman–Crippen LogP) is 5.26. The SMILES string of the molecule is CCCC(CCC)S(=O)(=O)C[C@@H](NC(=O)c1cccnc1)OCN(C[C@@H](O)[C@@H](N)Cc1cc(F)cc(F)c1)C1(c2cccc(CC)c2)CC1. The fourth-order valence-corrected chi connectivity index (χ4v) is 8.43. The summed E-state index contributed by atoms with van der Waals surface area (Å²) in [6.45, 7) is 5.85. The maximum Gasteiger partial charge on any atom is 0.254 e. The quantitative estimate of drug-likeness (QED) is 0.136. The molecule has 0 saturated heterocycles. The average molecular weight is 701 g/mol. The molecular weight excluding hydrogens is 650 g/mol. The number of nitrogens with two attached hydrogens (primary N) is 1. The third-order valence-electron chi connectivity index (χ3n) is 9.26. The maximum absolute atomic E-state index is 13.9. The molecule has 1 fully saturated rings. The lowest BCUT2D eigenvalue weighted by Crippen LogP contribution is -2.51. The summed E-state index contributed by atoms with van der Waals surface area (Å²) in [6, 6.07) is 13.7. The molecule has 0 spiro atoms. The maximum atomic E-state index is 13.9. The van der Waals surface area contributed by atoms with Crippen LogP contribution in [0.25, 0.3) is 0 Å². The Morgan fingerprint density at radius 1 is 1.04 bits per heavy atom. The van der Waals surface area contributed by atoms with E-state index in [9.17, 15) is 27.1 Å². The molecule has 1 aliphatic rings. The van der Waals surface area contributed by atoms with Crippen molar-refractivity contribution in [2.24, 2.45) is 5.73 Å². The summed E-state index contributed by atoms with van der Waals surface area (Å²) in [5.74, 6) is -2.41. The van der Waals surface area contributed by atoms with E-state index in [2.05, 4.69) is 23.3 Å². The van der Waals surface area contributed by atoms with Crippen molar-refractivity contribution in [2.45, 2.75) is 101 Å². The topological polar surface area (TPSA) is 135 Å². The highest BCUT2D eigenvalue weighted by atomic mass is 32.2. The number of aryl methyl sites for hydroxylation is 1. The van der Waals surface area contributed by atoms with Crippen LogP contribution in [0, 0.1) is 11.6 Å². The van der Waals surface area contributed by atoms with Gasteiger partial charge in [0.2, 0.25) is 0 Å². The second-order valence-electron chi connectivity index (χ2n) is 13.0. The second kappa shape index (κ2) is 17.6. The first-order valence-corrected chi connectivity index (χ1v) is 18.9. The molecule has 4 rings (SSSR count). The predicted molar refractivity (Wildman–Crippen MR) is 186 cm³/mol. The molecule has 1 amide bonds. The largest absolute Gasteiger partial charge is 0.390 e. The number of carbonyl (C=O) groups is 1. The van der Waals surface area contributed by atoms with Crippen molar-refractivity contribution in [3.8, 4) is 0 Å². The van der Waals surface area contributed by atoms with E-state index < -0.39 is 62.3 Å². The highest BCUT2D eigenvalue weighted by molar-refractivity contribution is 7.92. The number of pyridine rings is 1. The van der Waals surface area contributed by atoms with Gasteiger partial charge in [0.05, 0.1) is 22.7 Å². The number of ether oxygens (including phenoxy) is 1. The standard InChI is InChI=1S/C37H50F2N4O5S/c1-4-9-32(10-5-2)49(46,47)24-35(42-36(45)28-12-8-16-41-22-28)48-25-43(37(14-15-37)29-13-7-11-26(6-3)17-29)23-34(44)33(40)20-27-18-30(38)21-31(39)19-27/h7-8,11-13,16-19,21-22,32-35,44H,4-6,9-10,14-15,20,23-25,40H2,1-3H3,(H,42,45)/t33-,34+,35-/m0/s1. The highest BCUT2D eigenvalue weighted by Gasteiger charge is 2.50. The number of nitrogens with one attached hydrogen (secondary N) is 1. The Morgan fingerprint density at radius 2 is 1.73 bits per heavy atom. The van der Waals surface area contributed by atoms with Crippen LogP contribution in [0.2, 0.25) is 0 Å². The Kier molecular flexibility index (Phi) is 13.8. The van der Waals surface area contributed by atoms with Gasteiger partial charge in [-0.2, -0.15) is 0 Å². The lowest BCUT2D eigenvalue weighted by molar-refractivity contribution is -0.0645. The molecule has 1 heterocycles. The minimum Gasteiger partial charge on any atom is -0.390 e. The summed E-state index contributed by atoms with van der Waals surface area (Å²) >= 11 is 0. The van der Waals surface area contributed by atoms with Crippen LogP contribution in [0.4, 0.5) is 8.78 Å². The fourth-order valence-electron chi connectivity index (χ4n) is 6.37. The van der Waals surface area contributed by atoms with Gasteiger partial charge in [0.25, 0.3) is 5.91 Å². The van der Waals surface area contributed by atoms with E-state index in [-0.39, 0.29) is 25.3 Å². The molecule has 12 heteroatoms. The summed E-state index contributed by atoms with van der Waals surface area (Å²) in [4.78, 5) is 19.2. The molecule has 0 aliphatic heterocycles. The number of hydrogen-bond donors (Lipinski definition) is 3. The van der Waals surface area contributed by atoms with Crippen LogP contribution in [0.5, 0.6) is 0 Å². The van der Waals surface area contributed by atoms with Crippen LogP contribution in [0.15, 0.2) is 67.0 Å². The number of aromatic nitrogens is 1. The lowest BCUT2D eigenvalue weighted by atomic mass is 9.97. The van der Waals surface area contributed by atoms with Crippen molar-refractivity contribution in [2.75, 3.05) is 19.0 Å². The number of aliphatic hydroxyl groups is 1. The number of sulfone groups is 1. The molecule has 1 aromatic heterocycles. The monoisotopic (exact) mass is 700 g/mol. The lowest BCUT2D eigenvalue weighted by Gasteiger charge is -2.36. The van der Waals surface area contributed by atoms with Crippen molar-refractivity contribution in [1.29, 1.82) is 0 Å². The number of benzene rings is 2. The van der Waals surface area contributed by atoms with Crippen molar-refractivity contribution in [1.82, 2.24) is 15.2 Å². The Morgan fingerprint density at radius 3 is 2.33 bits per heavy atom. The molecule has 0 bridgehead atoms. The molecule has 0 unspecified atom stereocenters. The van der Waals surface area contributed by atoms with Gasteiger partial charge in [-0.05, 0) is 79.5 Å². The van der Waals surface area contributed by atoms with Crippen LogP contribution < -0.4 is 11.1 Å². The van der Waals surface area contributed by atoms with Gasteiger partial charge in [-0.3, -0.25) is 14.7 Å². The van der Waals surface area contributed by atoms with Gasteiger partial charge >= 0.3 is 0 Å². The summed E-state index contributed by atoms with van der Waals surface area (Å²) in [7, 11) is -3.69. The van der Waals surface area contributed by atoms with Crippen LogP contribution in [-0.4, -0.2) is 72.0 Å². The van der Waals surface area contributed by atoms with Gasteiger partial charge < -0.3 is 20.9 Å². The van der Waals surface area contributed by atoms with E-state index in [1.54, 1.807) is 12.1 Å². The van der Waals surface area contributed by atoms with Gasteiger partial charge in [0.15, 0.2) is 9.84 Å². The summed E-state index contributed by atoms with van der Waals surface area (Å²) < 4.78 is 61.5. The average Bonchev–Trinajstić information content (AvgIpc) is 3.88. The van der Waals surface area contributed by atoms with Gasteiger partial charge in [0.1, 0.15) is 24.6 Å². The van der Waals surface area contributed by atoms with E-state index in [1.165, 1.54) is 24.5 Å². The number of carbonyl (C=O) groups excluding carboxylic acids is 1. The molecule has 4 N–H and O–H groups in total. The first kappa shape index (κ1) is 38.5. The van der Waals surface area contributed by atoms with Gasteiger partial charge in [-0.25, -0.2) is 17.2 Å². The van der Waals surface area contributed by atoms with Gasteiger partial charge in [-0.1, -0.05) is 57.9 Å². The zero-order valence-electron chi connectivity index (χ0n) is 28.7. The Balaban J connectivity index is 1.62. The van der Waals surface area contributed by atoms with Crippen molar-refractivity contribution in [3.05, 3.63) is 101 Å².